The minimum absolute atomic E-state index is 0.259. The highest BCUT2D eigenvalue weighted by Crippen LogP contribution is 2.32. The van der Waals surface area contributed by atoms with Crippen LogP contribution >= 0.6 is 0 Å². The zero-order valence-electron chi connectivity index (χ0n) is 10.0. The van der Waals surface area contributed by atoms with Crippen LogP contribution in [0.3, 0.4) is 0 Å². The molecule has 0 aromatic carbocycles. The molecule has 0 radical (unpaired) electrons. The molecule has 2 N–H and O–H groups in total. The summed E-state index contributed by atoms with van der Waals surface area (Å²) in [7, 11) is 4.45. The molecule has 5 atom stereocenters. The van der Waals surface area contributed by atoms with Crippen LogP contribution in [0, 0.1) is 0 Å². The fraction of sp³-hybridized carbons (Fsp3) is 1.00. The van der Waals surface area contributed by atoms with Crippen LogP contribution in [-0.2, 0) is 18.9 Å². The number of hydrogen-bond acceptors (Lipinski definition) is 6. The summed E-state index contributed by atoms with van der Waals surface area (Å²) in [5, 5.41) is 19.2. The molecule has 96 valence electrons. The van der Waals surface area contributed by atoms with Crippen molar-refractivity contribution in [3.8, 4) is 0 Å². The Morgan fingerprint density at radius 1 is 1.12 bits per heavy atom. The summed E-state index contributed by atoms with van der Waals surface area (Å²) in [5.41, 5.74) is 0. The van der Waals surface area contributed by atoms with E-state index in [9.17, 15) is 10.2 Å². The van der Waals surface area contributed by atoms with Gasteiger partial charge in [0.1, 0.15) is 24.4 Å². The van der Waals surface area contributed by atoms with Gasteiger partial charge >= 0.3 is 0 Å². The lowest BCUT2D eigenvalue weighted by Crippen LogP contribution is -2.65. The molecule has 0 aromatic heterocycles. The van der Waals surface area contributed by atoms with E-state index in [1.165, 1.54) is 28.3 Å². The van der Waals surface area contributed by atoms with Crippen LogP contribution in [0.2, 0.25) is 0 Å². The Hall–Kier alpha value is -0.240. The molecule has 0 amide bonds. The van der Waals surface area contributed by atoms with Crippen molar-refractivity contribution in [2.75, 3.05) is 27.9 Å². The highest BCUT2D eigenvalue weighted by Gasteiger charge is 2.52. The van der Waals surface area contributed by atoms with Gasteiger partial charge in [-0.15, -0.1) is 0 Å². The predicted octanol–water partition coefficient (Wildman–Crippen LogP) is -0.869. The monoisotopic (exact) mass is 236 g/mol. The Kier molecular flexibility index (Phi) is 4.66. The van der Waals surface area contributed by atoms with Crippen molar-refractivity contribution in [1.29, 1.82) is 0 Å². The van der Waals surface area contributed by atoms with Gasteiger partial charge in [0.2, 0.25) is 0 Å². The number of aliphatic hydroxyl groups is 2. The SMILES string of the molecule is CO[C@H]1[C@H](OC)[C@H](OC)[C@@](C)(O)O[C@@H]1CO. The average molecular weight is 236 g/mol. The van der Waals surface area contributed by atoms with Gasteiger partial charge in [-0.25, -0.2) is 0 Å². The van der Waals surface area contributed by atoms with Gasteiger partial charge in [-0.2, -0.15) is 0 Å². The first-order valence-corrected chi connectivity index (χ1v) is 5.11. The van der Waals surface area contributed by atoms with E-state index >= 15 is 0 Å². The Bertz CT molecular complexity index is 219. The van der Waals surface area contributed by atoms with E-state index in [-0.39, 0.29) is 6.61 Å². The van der Waals surface area contributed by atoms with Gasteiger partial charge in [-0.3, -0.25) is 0 Å². The van der Waals surface area contributed by atoms with Crippen molar-refractivity contribution < 1.29 is 29.2 Å². The van der Waals surface area contributed by atoms with Crippen LogP contribution in [0.15, 0.2) is 0 Å². The molecule has 16 heavy (non-hydrogen) atoms. The van der Waals surface area contributed by atoms with E-state index in [2.05, 4.69) is 0 Å². The summed E-state index contributed by atoms with van der Waals surface area (Å²) in [4.78, 5) is 0. The summed E-state index contributed by atoms with van der Waals surface area (Å²) in [6.07, 6.45) is -2.31. The predicted molar refractivity (Wildman–Crippen MR) is 55.0 cm³/mol. The van der Waals surface area contributed by atoms with Crippen molar-refractivity contribution in [2.45, 2.75) is 37.1 Å². The molecular formula is C10H20O6. The van der Waals surface area contributed by atoms with E-state index in [1.54, 1.807) is 0 Å². The third-order valence-corrected chi connectivity index (χ3v) is 2.88. The van der Waals surface area contributed by atoms with Crippen LogP contribution < -0.4 is 0 Å². The third-order valence-electron chi connectivity index (χ3n) is 2.88. The molecule has 1 rings (SSSR count). The largest absolute Gasteiger partial charge is 0.394 e. The highest BCUT2D eigenvalue weighted by atomic mass is 16.7. The lowest BCUT2D eigenvalue weighted by molar-refractivity contribution is -0.350. The Balaban J connectivity index is 2.95. The molecule has 1 saturated heterocycles. The summed E-state index contributed by atoms with van der Waals surface area (Å²) in [5.74, 6) is -1.52. The second-order valence-corrected chi connectivity index (χ2v) is 3.95. The lowest BCUT2D eigenvalue weighted by Gasteiger charge is -2.47. The summed E-state index contributed by atoms with van der Waals surface area (Å²) in [6, 6.07) is 0. The molecular weight excluding hydrogens is 216 g/mol. The molecule has 0 saturated carbocycles. The first-order chi connectivity index (χ1) is 7.51. The zero-order valence-corrected chi connectivity index (χ0v) is 10.0. The normalized spacial score (nSPS) is 44.6. The molecule has 1 aliphatic rings. The van der Waals surface area contributed by atoms with Gasteiger partial charge in [-0.1, -0.05) is 0 Å². The van der Waals surface area contributed by atoms with Gasteiger partial charge in [-0.05, 0) is 6.92 Å². The maximum absolute atomic E-state index is 10.1. The van der Waals surface area contributed by atoms with Crippen LogP contribution in [-0.4, -0.2) is 68.4 Å². The van der Waals surface area contributed by atoms with E-state index < -0.39 is 30.2 Å². The van der Waals surface area contributed by atoms with Gasteiger partial charge in [0.15, 0.2) is 5.79 Å². The van der Waals surface area contributed by atoms with Gasteiger partial charge < -0.3 is 29.2 Å². The van der Waals surface area contributed by atoms with E-state index in [0.29, 0.717) is 0 Å². The van der Waals surface area contributed by atoms with E-state index in [0.717, 1.165) is 0 Å². The van der Waals surface area contributed by atoms with Gasteiger partial charge in [0, 0.05) is 21.3 Å². The molecule has 6 nitrogen and oxygen atoms in total. The molecule has 1 fully saturated rings. The fourth-order valence-corrected chi connectivity index (χ4v) is 2.17. The number of methoxy groups -OCH3 is 3. The topological polar surface area (TPSA) is 77.4 Å². The minimum Gasteiger partial charge on any atom is -0.394 e. The highest BCUT2D eigenvalue weighted by molar-refractivity contribution is 4.96. The molecule has 1 aliphatic heterocycles. The van der Waals surface area contributed by atoms with E-state index in [4.69, 9.17) is 18.9 Å². The maximum atomic E-state index is 10.1. The second-order valence-electron chi connectivity index (χ2n) is 3.95. The average Bonchev–Trinajstić information content (AvgIpc) is 2.26. The fourth-order valence-electron chi connectivity index (χ4n) is 2.17. The van der Waals surface area contributed by atoms with Crippen LogP contribution in [0.5, 0.6) is 0 Å². The zero-order chi connectivity index (χ0) is 12.3. The van der Waals surface area contributed by atoms with Crippen LogP contribution in [0.25, 0.3) is 0 Å². The van der Waals surface area contributed by atoms with E-state index in [1.807, 2.05) is 0 Å². The van der Waals surface area contributed by atoms with Crippen LogP contribution in [0.1, 0.15) is 6.92 Å². The maximum Gasteiger partial charge on any atom is 0.192 e. The number of ether oxygens (including phenoxy) is 4. The minimum atomic E-state index is -1.52. The lowest BCUT2D eigenvalue weighted by atomic mass is 9.93. The smallest absolute Gasteiger partial charge is 0.192 e. The Morgan fingerprint density at radius 2 is 1.69 bits per heavy atom. The summed E-state index contributed by atoms with van der Waals surface area (Å²) < 4.78 is 21.0. The van der Waals surface area contributed by atoms with Crippen molar-refractivity contribution >= 4 is 0 Å². The Labute approximate surface area is 95.1 Å². The number of rotatable bonds is 4. The number of hydrogen-bond donors (Lipinski definition) is 2. The summed E-state index contributed by atoms with van der Waals surface area (Å²) >= 11 is 0. The van der Waals surface area contributed by atoms with Crippen molar-refractivity contribution in [2.24, 2.45) is 0 Å². The molecule has 0 spiro atoms. The molecule has 0 bridgehead atoms. The van der Waals surface area contributed by atoms with Gasteiger partial charge in [0.05, 0.1) is 6.61 Å². The van der Waals surface area contributed by atoms with Crippen LogP contribution in [0.4, 0.5) is 0 Å². The number of aliphatic hydroxyl groups excluding tert-OH is 1. The summed E-state index contributed by atoms with van der Waals surface area (Å²) in [6.45, 7) is 1.21. The molecule has 1 heterocycles. The molecule has 0 aromatic rings. The van der Waals surface area contributed by atoms with Gasteiger partial charge in [0.25, 0.3) is 0 Å². The molecule has 6 heteroatoms. The van der Waals surface area contributed by atoms with Crippen molar-refractivity contribution in [3.05, 3.63) is 0 Å². The molecule has 0 aliphatic carbocycles. The second kappa shape index (κ2) is 5.39. The third kappa shape index (κ3) is 2.37. The molecule has 0 unspecified atom stereocenters. The quantitative estimate of drug-likeness (QED) is 0.661. The first-order valence-electron chi connectivity index (χ1n) is 5.11. The first kappa shape index (κ1) is 13.8. The van der Waals surface area contributed by atoms with Crippen molar-refractivity contribution in [3.63, 3.8) is 0 Å². The standard InChI is InChI=1S/C10H20O6/c1-10(12)9(15-4)8(14-3)7(13-2)6(5-11)16-10/h6-9,11-12H,5H2,1-4H3/t6-,7-,8+,9+,10+/m1/s1. The Morgan fingerprint density at radius 3 is 2.06 bits per heavy atom. The van der Waals surface area contributed by atoms with Crippen molar-refractivity contribution in [1.82, 2.24) is 0 Å².